The van der Waals surface area contributed by atoms with Gasteiger partial charge in [0.1, 0.15) is 18.2 Å². The van der Waals surface area contributed by atoms with Crippen LogP contribution in [0.2, 0.25) is 0 Å². The Morgan fingerprint density at radius 1 is 1.38 bits per heavy atom. The molecule has 2 rings (SSSR count). The van der Waals surface area contributed by atoms with Crippen LogP contribution in [0.4, 0.5) is 11.6 Å². The van der Waals surface area contributed by atoms with Gasteiger partial charge in [0.15, 0.2) is 5.82 Å². The van der Waals surface area contributed by atoms with Crippen LogP contribution in [-0.4, -0.2) is 43.4 Å². The van der Waals surface area contributed by atoms with E-state index < -0.39 is 0 Å². The second-order valence-electron chi connectivity index (χ2n) is 5.25. The van der Waals surface area contributed by atoms with Crippen molar-refractivity contribution in [1.82, 2.24) is 9.97 Å². The fraction of sp³-hybridized carbons (Fsp3) is 0.714. The van der Waals surface area contributed by atoms with Crippen LogP contribution in [0.15, 0.2) is 6.07 Å². The van der Waals surface area contributed by atoms with Crippen LogP contribution >= 0.6 is 0 Å². The van der Waals surface area contributed by atoms with Gasteiger partial charge in [0.05, 0.1) is 6.61 Å². The highest BCUT2D eigenvalue weighted by Crippen LogP contribution is 2.28. The van der Waals surface area contributed by atoms with E-state index in [1.807, 2.05) is 24.9 Å². The molecule has 1 aliphatic rings. The molecule has 118 valence electrons. The van der Waals surface area contributed by atoms with Crippen LogP contribution in [0.3, 0.4) is 0 Å². The minimum Gasteiger partial charge on any atom is -0.379 e. The Labute approximate surface area is 125 Å². The number of nitrogens with two attached hydrogens (primary N) is 1. The molecule has 1 heterocycles. The van der Waals surface area contributed by atoms with Gasteiger partial charge in [-0.25, -0.2) is 15.8 Å². The molecule has 0 aliphatic heterocycles. The smallest absolute Gasteiger partial charge is 0.158 e. The molecule has 1 fully saturated rings. The summed E-state index contributed by atoms with van der Waals surface area (Å²) < 4.78 is 11.0. The maximum absolute atomic E-state index is 5.65. The van der Waals surface area contributed by atoms with Crippen molar-refractivity contribution in [3.8, 4) is 0 Å². The van der Waals surface area contributed by atoms with E-state index >= 15 is 0 Å². The van der Waals surface area contributed by atoms with Gasteiger partial charge in [0.25, 0.3) is 0 Å². The van der Waals surface area contributed by atoms with E-state index in [4.69, 9.17) is 15.3 Å². The van der Waals surface area contributed by atoms with Gasteiger partial charge >= 0.3 is 0 Å². The third-order valence-electron chi connectivity index (χ3n) is 3.35. The zero-order chi connectivity index (χ0) is 15.1. The Morgan fingerprint density at radius 2 is 2.19 bits per heavy atom. The molecule has 0 saturated heterocycles. The molecule has 0 unspecified atom stereocenters. The third kappa shape index (κ3) is 5.45. The minimum atomic E-state index is 0.380. The summed E-state index contributed by atoms with van der Waals surface area (Å²) in [6, 6.07) is 1.82. The highest BCUT2D eigenvalue weighted by Gasteiger charge is 2.21. The number of nitrogen functional groups attached to an aromatic ring is 1. The van der Waals surface area contributed by atoms with Crippen molar-refractivity contribution in [1.29, 1.82) is 0 Å². The van der Waals surface area contributed by atoms with Gasteiger partial charge in [-0.2, -0.15) is 0 Å². The van der Waals surface area contributed by atoms with Gasteiger partial charge in [-0.05, 0) is 25.7 Å². The summed E-state index contributed by atoms with van der Waals surface area (Å²) in [5.41, 5.74) is 2.56. The second-order valence-corrected chi connectivity index (χ2v) is 5.25. The van der Waals surface area contributed by atoms with E-state index in [1.54, 1.807) is 0 Å². The number of nitrogens with zero attached hydrogens (tertiary/aromatic N) is 3. The summed E-state index contributed by atoms with van der Waals surface area (Å²) in [5.74, 6) is 8.26. The molecule has 3 N–H and O–H groups in total. The Hall–Kier alpha value is -1.44. The number of aromatic nitrogens is 2. The highest BCUT2D eigenvalue weighted by atomic mass is 16.5. The molecule has 0 atom stereocenters. The van der Waals surface area contributed by atoms with Crippen LogP contribution in [0.5, 0.6) is 0 Å². The van der Waals surface area contributed by atoms with Gasteiger partial charge in [-0.1, -0.05) is 0 Å². The summed E-state index contributed by atoms with van der Waals surface area (Å²) in [4.78, 5) is 10.8. The first kappa shape index (κ1) is 15.9. The lowest BCUT2D eigenvalue weighted by Crippen LogP contribution is -2.25. The van der Waals surface area contributed by atoms with Crippen molar-refractivity contribution >= 4 is 11.6 Å². The van der Waals surface area contributed by atoms with Crippen molar-refractivity contribution in [2.75, 3.05) is 43.7 Å². The molecule has 0 amide bonds. The van der Waals surface area contributed by atoms with Gasteiger partial charge in [0, 0.05) is 32.9 Å². The normalized spacial score (nSPS) is 14.2. The molecule has 21 heavy (non-hydrogen) atoms. The maximum atomic E-state index is 5.65. The number of hydrogen-bond donors (Lipinski definition) is 2. The van der Waals surface area contributed by atoms with Crippen molar-refractivity contribution in [3.63, 3.8) is 0 Å². The fourth-order valence-corrected chi connectivity index (χ4v) is 1.86. The SMILES string of the molecule is CCOCc1nc(NN)cc(N(C)CCOCC2CC2)n1. The van der Waals surface area contributed by atoms with Crippen molar-refractivity contribution < 1.29 is 9.47 Å². The van der Waals surface area contributed by atoms with Crippen LogP contribution in [0.1, 0.15) is 25.6 Å². The molecule has 1 aromatic heterocycles. The lowest BCUT2D eigenvalue weighted by Gasteiger charge is -2.19. The number of hydrogen-bond acceptors (Lipinski definition) is 7. The largest absolute Gasteiger partial charge is 0.379 e. The summed E-state index contributed by atoms with van der Waals surface area (Å²) in [6.07, 6.45) is 2.63. The van der Waals surface area contributed by atoms with Crippen molar-refractivity contribution in [2.45, 2.75) is 26.4 Å². The van der Waals surface area contributed by atoms with E-state index in [9.17, 15) is 0 Å². The first-order chi connectivity index (χ1) is 10.2. The molecule has 1 aromatic rings. The van der Waals surface area contributed by atoms with E-state index in [0.717, 1.165) is 24.9 Å². The molecule has 0 aromatic carbocycles. The Balaban J connectivity index is 1.88. The molecule has 0 radical (unpaired) electrons. The predicted octanol–water partition coefficient (Wildman–Crippen LogP) is 1.16. The third-order valence-corrected chi connectivity index (χ3v) is 3.35. The average molecular weight is 295 g/mol. The quantitative estimate of drug-likeness (QED) is 0.380. The molecule has 7 nitrogen and oxygen atoms in total. The fourth-order valence-electron chi connectivity index (χ4n) is 1.86. The molecule has 7 heteroatoms. The van der Waals surface area contributed by atoms with Crippen LogP contribution < -0.4 is 16.2 Å². The topological polar surface area (TPSA) is 85.5 Å². The predicted molar refractivity (Wildman–Crippen MR) is 82.0 cm³/mol. The Morgan fingerprint density at radius 3 is 2.86 bits per heavy atom. The van der Waals surface area contributed by atoms with E-state index in [2.05, 4.69) is 15.4 Å². The van der Waals surface area contributed by atoms with Crippen LogP contribution in [0, 0.1) is 5.92 Å². The first-order valence-corrected chi connectivity index (χ1v) is 7.44. The van der Waals surface area contributed by atoms with Gasteiger partial charge in [0.2, 0.25) is 0 Å². The average Bonchev–Trinajstić information content (AvgIpc) is 3.33. The highest BCUT2D eigenvalue weighted by molar-refractivity contribution is 5.48. The Kier molecular flexibility index (Phi) is 6.16. The lowest BCUT2D eigenvalue weighted by molar-refractivity contribution is 0.128. The number of ether oxygens (including phenoxy) is 2. The van der Waals surface area contributed by atoms with Crippen LogP contribution in [0.25, 0.3) is 0 Å². The van der Waals surface area contributed by atoms with Gasteiger partial charge < -0.3 is 19.8 Å². The summed E-state index contributed by atoms with van der Waals surface area (Å²) in [6.45, 7) is 5.30. The molecular weight excluding hydrogens is 270 g/mol. The molecular formula is C14H25N5O2. The minimum absolute atomic E-state index is 0.380. The second kappa shape index (κ2) is 8.11. The van der Waals surface area contributed by atoms with E-state index in [1.165, 1.54) is 12.8 Å². The number of rotatable bonds is 10. The molecule has 1 aliphatic carbocycles. The lowest BCUT2D eigenvalue weighted by atomic mass is 10.4. The number of likely N-dealkylation sites (N-methyl/N-ethyl adjacent to an activating group) is 1. The zero-order valence-corrected chi connectivity index (χ0v) is 12.8. The van der Waals surface area contributed by atoms with E-state index in [-0.39, 0.29) is 0 Å². The monoisotopic (exact) mass is 295 g/mol. The van der Waals surface area contributed by atoms with Crippen molar-refractivity contribution in [3.05, 3.63) is 11.9 Å². The van der Waals surface area contributed by atoms with Crippen molar-refractivity contribution in [2.24, 2.45) is 11.8 Å². The first-order valence-electron chi connectivity index (χ1n) is 7.44. The Bertz CT molecular complexity index is 439. The number of hydrazine groups is 1. The molecule has 1 saturated carbocycles. The molecule has 0 bridgehead atoms. The van der Waals surface area contributed by atoms with E-state index in [0.29, 0.717) is 31.5 Å². The summed E-state index contributed by atoms with van der Waals surface area (Å²) in [7, 11) is 1.98. The van der Waals surface area contributed by atoms with Crippen LogP contribution in [-0.2, 0) is 16.1 Å². The zero-order valence-electron chi connectivity index (χ0n) is 12.8. The number of anilines is 2. The summed E-state index contributed by atoms with van der Waals surface area (Å²) in [5, 5.41) is 0. The standard InChI is InChI=1S/C14H25N5O2/c1-3-20-10-13-16-12(18-15)8-14(17-13)19(2)6-7-21-9-11-4-5-11/h8,11H,3-7,9-10,15H2,1-2H3,(H,16,17,18). The van der Waals surface area contributed by atoms with Gasteiger partial charge in [-0.15, -0.1) is 0 Å². The number of nitrogens with one attached hydrogen (secondary N) is 1. The summed E-state index contributed by atoms with van der Waals surface area (Å²) >= 11 is 0. The maximum Gasteiger partial charge on any atom is 0.158 e. The molecule has 0 spiro atoms. The van der Waals surface area contributed by atoms with Gasteiger partial charge in [-0.3, -0.25) is 0 Å².